The first-order valence-electron chi connectivity index (χ1n) is 8.78. The standard InChI is InChI=1S/C18H18Cl2N6O3/c1-3-15(25-11(2)8-16(22-25)26(28)29)18(27)21-17-14(20)10-24(23-17)9-12-6-4-5-7-13(12)19/h4-8,10,15H,3,9H2,1-2H3,(H,21,23,27). The maximum Gasteiger partial charge on any atom is 0.390 e. The Hall–Kier alpha value is -2.91. The van der Waals surface area contributed by atoms with Gasteiger partial charge in [-0.1, -0.05) is 48.3 Å². The van der Waals surface area contributed by atoms with Crippen LogP contribution in [-0.2, 0) is 11.3 Å². The van der Waals surface area contributed by atoms with Crippen molar-refractivity contribution in [2.75, 3.05) is 5.32 Å². The molecule has 1 atom stereocenters. The molecule has 0 bridgehead atoms. The summed E-state index contributed by atoms with van der Waals surface area (Å²) in [5, 5.41) is 22.7. The molecule has 0 aliphatic rings. The summed E-state index contributed by atoms with van der Waals surface area (Å²) >= 11 is 12.4. The highest BCUT2D eigenvalue weighted by Gasteiger charge is 2.28. The molecule has 2 heterocycles. The molecule has 0 saturated heterocycles. The van der Waals surface area contributed by atoms with E-state index in [1.165, 1.54) is 10.7 Å². The molecule has 3 aromatic rings. The van der Waals surface area contributed by atoms with Gasteiger partial charge in [-0.15, -0.1) is 0 Å². The fraction of sp³-hybridized carbons (Fsp3) is 0.278. The van der Waals surface area contributed by atoms with Gasteiger partial charge in [-0.05, 0) is 29.9 Å². The second-order valence-corrected chi connectivity index (χ2v) is 7.19. The van der Waals surface area contributed by atoms with E-state index in [9.17, 15) is 14.9 Å². The van der Waals surface area contributed by atoms with Gasteiger partial charge in [0.05, 0.1) is 23.4 Å². The van der Waals surface area contributed by atoms with Crippen LogP contribution in [0, 0.1) is 17.0 Å². The molecule has 1 aromatic carbocycles. The number of anilines is 1. The van der Waals surface area contributed by atoms with Crippen LogP contribution in [-0.4, -0.2) is 30.4 Å². The zero-order valence-corrected chi connectivity index (χ0v) is 17.2. The van der Waals surface area contributed by atoms with E-state index < -0.39 is 16.9 Å². The lowest BCUT2D eigenvalue weighted by atomic mass is 10.2. The third-order valence-electron chi connectivity index (χ3n) is 4.33. The highest BCUT2D eigenvalue weighted by molar-refractivity contribution is 6.33. The molecule has 1 unspecified atom stereocenters. The number of nitro groups is 1. The summed E-state index contributed by atoms with van der Waals surface area (Å²) in [6, 6.07) is 7.93. The molecule has 9 nitrogen and oxygen atoms in total. The Morgan fingerprint density at radius 3 is 2.62 bits per heavy atom. The summed E-state index contributed by atoms with van der Waals surface area (Å²) in [7, 11) is 0. The number of rotatable bonds is 7. The van der Waals surface area contributed by atoms with Crippen molar-refractivity contribution in [2.24, 2.45) is 0 Å². The van der Waals surface area contributed by atoms with Crippen LogP contribution in [0.3, 0.4) is 0 Å². The number of carbonyl (C=O) groups excluding carboxylic acids is 1. The number of aromatic nitrogens is 4. The quantitative estimate of drug-likeness (QED) is 0.439. The fourth-order valence-corrected chi connectivity index (χ4v) is 3.30. The van der Waals surface area contributed by atoms with E-state index in [1.54, 1.807) is 30.8 Å². The number of amides is 1. The van der Waals surface area contributed by atoms with Crippen molar-refractivity contribution in [3.8, 4) is 0 Å². The van der Waals surface area contributed by atoms with Crippen LogP contribution in [0.4, 0.5) is 11.6 Å². The van der Waals surface area contributed by atoms with E-state index >= 15 is 0 Å². The minimum Gasteiger partial charge on any atom is -0.358 e. The van der Waals surface area contributed by atoms with Crippen LogP contribution in [0.25, 0.3) is 0 Å². The van der Waals surface area contributed by atoms with Gasteiger partial charge in [-0.2, -0.15) is 9.78 Å². The highest BCUT2D eigenvalue weighted by atomic mass is 35.5. The maximum atomic E-state index is 12.8. The van der Waals surface area contributed by atoms with Crippen molar-refractivity contribution in [2.45, 2.75) is 32.9 Å². The predicted octanol–water partition coefficient (Wildman–Crippen LogP) is 4.24. The summed E-state index contributed by atoms with van der Waals surface area (Å²) in [4.78, 5) is 23.1. The molecule has 2 aromatic heterocycles. The lowest BCUT2D eigenvalue weighted by molar-refractivity contribution is -0.389. The Labute approximate surface area is 176 Å². The lowest BCUT2D eigenvalue weighted by Gasteiger charge is -2.13. The van der Waals surface area contributed by atoms with Gasteiger partial charge in [0.1, 0.15) is 5.02 Å². The molecule has 0 fully saturated rings. The van der Waals surface area contributed by atoms with Gasteiger partial charge in [-0.3, -0.25) is 9.48 Å². The number of halogens is 2. The summed E-state index contributed by atoms with van der Waals surface area (Å²) in [6.45, 7) is 3.83. The van der Waals surface area contributed by atoms with Crippen LogP contribution in [0.1, 0.15) is 30.6 Å². The van der Waals surface area contributed by atoms with E-state index in [0.717, 1.165) is 5.56 Å². The van der Waals surface area contributed by atoms with E-state index in [2.05, 4.69) is 15.5 Å². The van der Waals surface area contributed by atoms with Crippen molar-refractivity contribution in [1.82, 2.24) is 19.6 Å². The molecule has 0 aliphatic heterocycles. The topological polar surface area (TPSA) is 108 Å². The van der Waals surface area contributed by atoms with Crippen LogP contribution in [0.2, 0.25) is 10.0 Å². The molecule has 0 radical (unpaired) electrons. The molecule has 29 heavy (non-hydrogen) atoms. The molecular formula is C18H18Cl2N6O3. The summed E-state index contributed by atoms with van der Waals surface area (Å²) in [5.41, 5.74) is 1.37. The molecule has 0 saturated carbocycles. The van der Waals surface area contributed by atoms with E-state index in [1.807, 2.05) is 18.2 Å². The zero-order chi connectivity index (χ0) is 21.1. The van der Waals surface area contributed by atoms with Gasteiger partial charge in [-0.25, -0.2) is 0 Å². The molecule has 1 amide bonds. The van der Waals surface area contributed by atoms with Crippen molar-refractivity contribution < 1.29 is 9.72 Å². The summed E-state index contributed by atoms with van der Waals surface area (Å²) < 4.78 is 2.91. The number of benzene rings is 1. The van der Waals surface area contributed by atoms with Crippen molar-refractivity contribution in [3.05, 3.63) is 67.9 Å². The molecule has 3 rings (SSSR count). The smallest absolute Gasteiger partial charge is 0.358 e. The summed E-state index contributed by atoms with van der Waals surface area (Å²) in [5.74, 6) is -0.532. The van der Waals surface area contributed by atoms with Gasteiger partial charge in [0.15, 0.2) is 11.9 Å². The molecular weight excluding hydrogens is 419 g/mol. The first-order chi connectivity index (χ1) is 13.8. The minimum atomic E-state index is -0.742. The number of nitrogens with one attached hydrogen (secondary N) is 1. The molecule has 1 N–H and O–H groups in total. The molecule has 0 spiro atoms. The number of hydrogen-bond acceptors (Lipinski definition) is 5. The monoisotopic (exact) mass is 436 g/mol. The molecule has 152 valence electrons. The van der Waals surface area contributed by atoms with E-state index in [-0.39, 0.29) is 16.7 Å². The van der Waals surface area contributed by atoms with Crippen molar-refractivity contribution in [1.29, 1.82) is 0 Å². The Morgan fingerprint density at radius 2 is 2.00 bits per heavy atom. The largest absolute Gasteiger partial charge is 0.390 e. The highest BCUT2D eigenvalue weighted by Crippen LogP contribution is 2.25. The van der Waals surface area contributed by atoms with E-state index in [4.69, 9.17) is 23.2 Å². The second-order valence-electron chi connectivity index (χ2n) is 6.37. The molecule has 0 aliphatic carbocycles. The summed E-state index contributed by atoms with van der Waals surface area (Å²) in [6.07, 6.45) is 1.97. The third kappa shape index (κ3) is 4.57. The van der Waals surface area contributed by atoms with Gasteiger partial charge < -0.3 is 15.4 Å². The Balaban J connectivity index is 1.78. The van der Waals surface area contributed by atoms with Crippen LogP contribution in [0.15, 0.2) is 36.5 Å². The number of hydrogen-bond donors (Lipinski definition) is 1. The van der Waals surface area contributed by atoms with E-state index in [0.29, 0.717) is 23.7 Å². The van der Waals surface area contributed by atoms with Gasteiger partial charge in [0.25, 0.3) is 5.91 Å². The Bertz CT molecular complexity index is 1060. The number of nitrogens with zero attached hydrogens (tertiary/aromatic N) is 5. The lowest BCUT2D eigenvalue weighted by Crippen LogP contribution is -2.27. The first-order valence-corrected chi connectivity index (χ1v) is 9.53. The maximum absolute atomic E-state index is 12.8. The SMILES string of the molecule is CCC(C(=O)Nc1nn(Cc2ccccc2Cl)cc1Cl)n1nc([N+](=O)[O-])cc1C. The average Bonchev–Trinajstić information content (AvgIpc) is 3.21. The minimum absolute atomic E-state index is 0.196. The van der Waals surface area contributed by atoms with Gasteiger partial charge in [0, 0.05) is 11.2 Å². The second kappa shape index (κ2) is 8.62. The van der Waals surface area contributed by atoms with Crippen molar-refractivity contribution >= 4 is 40.7 Å². The zero-order valence-electron chi connectivity index (χ0n) is 15.7. The van der Waals surface area contributed by atoms with Crippen LogP contribution >= 0.6 is 23.2 Å². The van der Waals surface area contributed by atoms with Gasteiger partial charge in [0.2, 0.25) is 0 Å². The number of aryl methyl sites for hydroxylation is 1. The normalized spacial score (nSPS) is 12.0. The fourth-order valence-electron chi connectivity index (χ4n) is 2.91. The predicted molar refractivity (Wildman–Crippen MR) is 109 cm³/mol. The first kappa shape index (κ1) is 20.8. The number of carbonyl (C=O) groups is 1. The van der Waals surface area contributed by atoms with Gasteiger partial charge >= 0.3 is 5.82 Å². The Kier molecular flexibility index (Phi) is 6.19. The third-order valence-corrected chi connectivity index (χ3v) is 4.98. The van der Waals surface area contributed by atoms with Crippen LogP contribution < -0.4 is 5.32 Å². The van der Waals surface area contributed by atoms with Crippen LogP contribution in [0.5, 0.6) is 0 Å². The van der Waals surface area contributed by atoms with Crippen molar-refractivity contribution in [3.63, 3.8) is 0 Å². The Morgan fingerprint density at radius 1 is 1.28 bits per heavy atom. The average molecular weight is 437 g/mol. The molecule has 11 heteroatoms.